The van der Waals surface area contributed by atoms with E-state index in [-0.39, 0.29) is 6.79 Å². The highest BCUT2D eigenvalue weighted by Crippen LogP contribution is 2.35. The van der Waals surface area contributed by atoms with Gasteiger partial charge in [0.15, 0.2) is 11.5 Å². The maximum Gasteiger partial charge on any atom is 0.231 e. The van der Waals surface area contributed by atoms with Crippen LogP contribution in [0.1, 0.15) is 5.69 Å². The summed E-state index contributed by atoms with van der Waals surface area (Å²) in [6, 6.07) is 17.6. The molecular formula is C19H16N2O3. The molecule has 5 nitrogen and oxygen atoms in total. The molecule has 0 unspecified atom stereocenters. The van der Waals surface area contributed by atoms with E-state index in [2.05, 4.69) is 9.56 Å². The monoisotopic (exact) mass is 320 g/mol. The van der Waals surface area contributed by atoms with Crippen LogP contribution in [0.4, 0.5) is 5.69 Å². The predicted octanol–water partition coefficient (Wildman–Crippen LogP) is 3.97. The van der Waals surface area contributed by atoms with Gasteiger partial charge in [0, 0.05) is 18.0 Å². The van der Waals surface area contributed by atoms with E-state index < -0.39 is 0 Å². The van der Waals surface area contributed by atoms with Gasteiger partial charge in [-0.2, -0.15) is 0 Å². The highest BCUT2D eigenvalue weighted by Gasteiger charge is 2.12. The van der Waals surface area contributed by atoms with Crippen LogP contribution in [-0.4, -0.2) is 24.7 Å². The lowest BCUT2D eigenvalue weighted by molar-refractivity contribution is 0.174. The van der Waals surface area contributed by atoms with Crippen LogP contribution < -0.4 is 14.2 Å². The molecule has 4 rings (SSSR count). The standard InChI is InChI=1S/C19H16N2O3/c1-22-17-7-5-15(6-8-17)21-10-2-3-16(21)12-20-14-4-9-18-19(11-14)24-13-23-18/h2-12H,13H2,1H3. The van der Waals surface area contributed by atoms with E-state index in [4.69, 9.17) is 14.2 Å². The third-order valence-corrected chi connectivity index (χ3v) is 3.83. The zero-order valence-corrected chi connectivity index (χ0v) is 13.2. The molecule has 0 aliphatic carbocycles. The topological polar surface area (TPSA) is 45.0 Å². The number of nitrogens with zero attached hydrogens (tertiary/aromatic N) is 2. The summed E-state index contributed by atoms with van der Waals surface area (Å²) in [6.07, 6.45) is 3.84. The molecule has 0 spiro atoms. The number of methoxy groups -OCH3 is 1. The predicted molar refractivity (Wildman–Crippen MR) is 92.1 cm³/mol. The summed E-state index contributed by atoms with van der Waals surface area (Å²) in [5, 5.41) is 0. The van der Waals surface area contributed by atoms with Crippen molar-refractivity contribution in [3.8, 4) is 22.9 Å². The van der Waals surface area contributed by atoms with Crippen LogP contribution in [0.2, 0.25) is 0 Å². The molecule has 120 valence electrons. The fourth-order valence-electron chi connectivity index (χ4n) is 2.58. The van der Waals surface area contributed by atoms with Crippen molar-refractivity contribution in [2.45, 2.75) is 0 Å². The molecule has 24 heavy (non-hydrogen) atoms. The summed E-state index contributed by atoms with van der Waals surface area (Å²) in [5.74, 6) is 2.33. The van der Waals surface area contributed by atoms with Crippen LogP contribution in [0.3, 0.4) is 0 Å². The van der Waals surface area contributed by atoms with E-state index in [0.717, 1.165) is 34.3 Å². The zero-order chi connectivity index (χ0) is 16.4. The fraction of sp³-hybridized carbons (Fsp3) is 0.105. The first kappa shape index (κ1) is 14.4. The minimum absolute atomic E-state index is 0.267. The van der Waals surface area contributed by atoms with Crippen molar-refractivity contribution < 1.29 is 14.2 Å². The smallest absolute Gasteiger partial charge is 0.231 e. The molecule has 1 aromatic heterocycles. The Hall–Kier alpha value is -3.21. The van der Waals surface area contributed by atoms with E-state index in [1.165, 1.54) is 0 Å². The molecular weight excluding hydrogens is 304 g/mol. The van der Waals surface area contributed by atoms with Gasteiger partial charge in [-0.25, -0.2) is 0 Å². The summed E-state index contributed by atoms with van der Waals surface area (Å²) < 4.78 is 18.0. The number of hydrogen-bond acceptors (Lipinski definition) is 4. The Morgan fingerprint density at radius 1 is 1.04 bits per heavy atom. The Morgan fingerprint density at radius 3 is 2.71 bits per heavy atom. The number of fused-ring (bicyclic) bond motifs is 1. The number of benzene rings is 2. The summed E-state index contributed by atoms with van der Waals surface area (Å²) in [4.78, 5) is 4.54. The molecule has 3 aromatic rings. The van der Waals surface area contributed by atoms with Crippen LogP contribution in [0.25, 0.3) is 5.69 Å². The second-order valence-corrected chi connectivity index (χ2v) is 5.30. The van der Waals surface area contributed by atoms with E-state index in [1.54, 1.807) is 7.11 Å². The lowest BCUT2D eigenvalue weighted by Gasteiger charge is -2.07. The Morgan fingerprint density at radius 2 is 1.88 bits per heavy atom. The molecule has 5 heteroatoms. The van der Waals surface area contributed by atoms with Gasteiger partial charge >= 0.3 is 0 Å². The molecule has 1 aliphatic heterocycles. The quantitative estimate of drug-likeness (QED) is 0.683. The minimum atomic E-state index is 0.267. The average Bonchev–Trinajstić information content (AvgIpc) is 3.28. The molecule has 2 aromatic carbocycles. The van der Waals surface area contributed by atoms with Crippen molar-refractivity contribution in [1.29, 1.82) is 0 Å². The maximum atomic E-state index is 5.38. The molecule has 2 heterocycles. The molecule has 0 bridgehead atoms. The average molecular weight is 320 g/mol. The minimum Gasteiger partial charge on any atom is -0.497 e. The highest BCUT2D eigenvalue weighted by molar-refractivity contribution is 5.81. The number of ether oxygens (including phenoxy) is 3. The van der Waals surface area contributed by atoms with Gasteiger partial charge in [0.05, 0.1) is 24.7 Å². The van der Waals surface area contributed by atoms with Crippen molar-refractivity contribution in [3.05, 3.63) is 66.5 Å². The Balaban J connectivity index is 1.60. The van der Waals surface area contributed by atoms with E-state index in [0.29, 0.717) is 0 Å². The van der Waals surface area contributed by atoms with Crippen molar-refractivity contribution in [1.82, 2.24) is 4.57 Å². The van der Waals surface area contributed by atoms with Gasteiger partial charge in [0.1, 0.15) is 5.75 Å². The zero-order valence-electron chi connectivity index (χ0n) is 13.2. The maximum absolute atomic E-state index is 5.38. The molecule has 0 radical (unpaired) electrons. The Labute approximate surface area is 139 Å². The molecule has 0 saturated carbocycles. The normalized spacial score (nSPS) is 12.7. The largest absolute Gasteiger partial charge is 0.497 e. The van der Waals surface area contributed by atoms with E-state index in [1.807, 2.05) is 67.0 Å². The first-order valence-corrected chi connectivity index (χ1v) is 7.59. The van der Waals surface area contributed by atoms with Crippen molar-refractivity contribution in [2.24, 2.45) is 4.99 Å². The first-order valence-electron chi connectivity index (χ1n) is 7.59. The van der Waals surface area contributed by atoms with Crippen molar-refractivity contribution >= 4 is 11.9 Å². The van der Waals surface area contributed by atoms with Crippen LogP contribution >= 0.6 is 0 Å². The van der Waals surface area contributed by atoms with E-state index >= 15 is 0 Å². The molecule has 0 atom stereocenters. The van der Waals surface area contributed by atoms with Gasteiger partial charge in [-0.05, 0) is 48.5 Å². The van der Waals surface area contributed by atoms with Crippen LogP contribution in [0.5, 0.6) is 17.2 Å². The summed E-state index contributed by atoms with van der Waals surface area (Å²) >= 11 is 0. The fourth-order valence-corrected chi connectivity index (χ4v) is 2.58. The SMILES string of the molecule is COc1ccc(-n2cccc2C=Nc2ccc3c(c2)OCO3)cc1. The summed E-state index contributed by atoms with van der Waals surface area (Å²) in [5.41, 5.74) is 2.85. The first-order chi connectivity index (χ1) is 11.8. The third kappa shape index (κ3) is 2.72. The molecule has 0 fully saturated rings. The van der Waals surface area contributed by atoms with Crippen LogP contribution in [0, 0.1) is 0 Å². The lowest BCUT2D eigenvalue weighted by atomic mass is 10.3. The molecule has 0 amide bonds. The Bertz CT molecular complexity index is 882. The van der Waals surface area contributed by atoms with E-state index in [9.17, 15) is 0 Å². The van der Waals surface area contributed by atoms with Gasteiger partial charge in [-0.3, -0.25) is 4.99 Å². The molecule has 1 aliphatic rings. The third-order valence-electron chi connectivity index (χ3n) is 3.83. The van der Waals surface area contributed by atoms with Gasteiger partial charge in [-0.15, -0.1) is 0 Å². The van der Waals surface area contributed by atoms with Crippen LogP contribution in [0.15, 0.2) is 65.8 Å². The van der Waals surface area contributed by atoms with Gasteiger partial charge in [0.2, 0.25) is 6.79 Å². The van der Waals surface area contributed by atoms with Crippen LogP contribution in [-0.2, 0) is 0 Å². The molecule has 0 saturated heterocycles. The van der Waals surface area contributed by atoms with Gasteiger partial charge in [0.25, 0.3) is 0 Å². The molecule has 0 N–H and O–H groups in total. The van der Waals surface area contributed by atoms with Gasteiger partial charge < -0.3 is 18.8 Å². The van der Waals surface area contributed by atoms with Crippen molar-refractivity contribution in [2.75, 3.05) is 13.9 Å². The highest BCUT2D eigenvalue weighted by atomic mass is 16.7. The van der Waals surface area contributed by atoms with Gasteiger partial charge in [-0.1, -0.05) is 0 Å². The number of rotatable bonds is 4. The number of aliphatic imine (C=N–C) groups is 1. The van der Waals surface area contributed by atoms with Crippen molar-refractivity contribution in [3.63, 3.8) is 0 Å². The lowest BCUT2D eigenvalue weighted by Crippen LogP contribution is -1.97. The number of aromatic nitrogens is 1. The summed E-state index contributed by atoms with van der Waals surface area (Å²) in [6.45, 7) is 0.267. The number of hydrogen-bond donors (Lipinski definition) is 0. The Kier molecular flexibility index (Phi) is 3.67. The second kappa shape index (κ2) is 6.12. The second-order valence-electron chi connectivity index (χ2n) is 5.30. The summed E-state index contributed by atoms with van der Waals surface area (Å²) in [7, 11) is 1.66.